The minimum atomic E-state index is -5.19. The van der Waals surface area contributed by atoms with E-state index in [2.05, 4.69) is 30.8 Å². The van der Waals surface area contributed by atoms with Gasteiger partial charge >= 0.3 is 6.18 Å². The van der Waals surface area contributed by atoms with Crippen molar-refractivity contribution in [2.24, 2.45) is 0 Å². The van der Waals surface area contributed by atoms with Crippen LogP contribution < -0.4 is 14.6 Å². The molecule has 2 fully saturated rings. The number of para-hydroxylation sites is 1. The molecule has 2 aliphatic rings. The number of aromatic nitrogens is 1. The summed E-state index contributed by atoms with van der Waals surface area (Å²) in [4.78, 5) is 43.6. The van der Waals surface area contributed by atoms with Crippen LogP contribution in [0.15, 0.2) is 41.3 Å². The van der Waals surface area contributed by atoms with Crippen molar-refractivity contribution >= 4 is 61.9 Å². The molecule has 2 saturated heterocycles. The second-order valence-corrected chi connectivity index (χ2v) is 17.2. The predicted octanol–water partition coefficient (Wildman–Crippen LogP) is 4.02. The lowest BCUT2D eigenvalue weighted by Crippen LogP contribution is -2.64. The lowest BCUT2D eigenvalue weighted by Gasteiger charge is -2.43. The Balaban J connectivity index is 0.000000908. The standard InChI is InChI=1S/C35H46Cl2N5O6S.C2HF3O2/c1-24-22-25(2)38-33-26(24)8-6-9-29(33)48-23-27-28(36)11-12-30(32(27)37)49(45,46)39-35(13-20-47-21-14-35)34(44)41-17-15-40(16-18-41)31(43)10-7-19-42(3,4)5;3-2(4,5)1(6)7/h6,8-9,11-12,22,39H,7,10,13-21,23H2,1-5H3;(H,6,7)/q+1;/p-1. The van der Waals surface area contributed by atoms with Crippen molar-refractivity contribution in [1.29, 1.82) is 0 Å². The topological polar surface area (TPSA) is 158 Å². The van der Waals surface area contributed by atoms with Gasteiger partial charge in [-0.2, -0.15) is 17.9 Å². The number of aryl methyl sites for hydroxylation is 2. The van der Waals surface area contributed by atoms with E-state index in [1.807, 2.05) is 32.0 Å². The third-order valence-electron chi connectivity index (χ3n) is 9.41. The lowest BCUT2D eigenvalue weighted by molar-refractivity contribution is -0.870. The molecule has 2 amide bonds. The second kappa shape index (κ2) is 18.2. The van der Waals surface area contributed by atoms with Crippen LogP contribution in [0.1, 0.15) is 42.5 Å². The van der Waals surface area contributed by atoms with Gasteiger partial charge in [0, 0.05) is 73.9 Å². The molecule has 19 heteroatoms. The Morgan fingerprint density at radius 1 is 1.02 bits per heavy atom. The van der Waals surface area contributed by atoms with Gasteiger partial charge in [-0.1, -0.05) is 35.3 Å². The van der Waals surface area contributed by atoms with Crippen LogP contribution in [-0.4, -0.2) is 124 Å². The van der Waals surface area contributed by atoms with E-state index in [4.69, 9.17) is 42.6 Å². The first-order chi connectivity index (χ1) is 26.0. The Hall–Kier alpha value is -3.74. The summed E-state index contributed by atoms with van der Waals surface area (Å²) < 4.78 is 74.9. The van der Waals surface area contributed by atoms with Crippen LogP contribution in [0.2, 0.25) is 10.0 Å². The number of piperazine rings is 1. The van der Waals surface area contributed by atoms with Gasteiger partial charge in [0.2, 0.25) is 21.8 Å². The number of carbonyl (C=O) groups is 3. The normalized spacial score (nSPS) is 16.2. The smallest absolute Gasteiger partial charge is 0.430 e. The number of carboxylic acids is 1. The molecule has 0 spiro atoms. The van der Waals surface area contributed by atoms with E-state index >= 15 is 0 Å². The lowest BCUT2D eigenvalue weighted by atomic mass is 9.89. The molecule has 2 aliphatic heterocycles. The highest BCUT2D eigenvalue weighted by molar-refractivity contribution is 7.89. The first-order valence-corrected chi connectivity index (χ1v) is 20.0. The van der Waals surface area contributed by atoms with Crippen molar-refractivity contribution in [2.45, 2.75) is 62.7 Å². The minimum Gasteiger partial charge on any atom is -0.542 e. The molecule has 0 unspecified atom stereocenters. The number of hydrogen-bond acceptors (Lipinski definition) is 9. The number of carbonyl (C=O) groups excluding carboxylic acids is 3. The average molecular weight is 849 g/mol. The molecule has 308 valence electrons. The molecule has 0 saturated carbocycles. The number of amides is 2. The largest absolute Gasteiger partial charge is 0.542 e. The zero-order chi connectivity index (χ0) is 41.6. The number of alkyl halides is 3. The summed E-state index contributed by atoms with van der Waals surface area (Å²) >= 11 is 13.3. The molecule has 1 aromatic heterocycles. The van der Waals surface area contributed by atoms with Crippen molar-refractivity contribution in [2.75, 3.05) is 67.1 Å². The van der Waals surface area contributed by atoms with Gasteiger partial charge in [0.15, 0.2) is 0 Å². The third kappa shape index (κ3) is 11.4. The highest BCUT2D eigenvalue weighted by Gasteiger charge is 2.47. The minimum absolute atomic E-state index is 0.0705. The maximum Gasteiger partial charge on any atom is 0.430 e. The summed E-state index contributed by atoms with van der Waals surface area (Å²) in [6, 6.07) is 10.4. The van der Waals surface area contributed by atoms with Crippen molar-refractivity contribution < 1.29 is 55.0 Å². The van der Waals surface area contributed by atoms with E-state index in [1.54, 1.807) is 15.9 Å². The fourth-order valence-corrected chi connectivity index (χ4v) is 8.76. The van der Waals surface area contributed by atoms with Crippen LogP contribution >= 0.6 is 23.2 Å². The highest BCUT2D eigenvalue weighted by Crippen LogP contribution is 2.35. The van der Waals surface area contributed by atoms with Crippen LogP contribution in [0.3, 0.4) is 0 Å². The van der Waals surface area contributed by atoms with E-state index < -0.39 is 27.7 Å². The predicted molar refractivity (Wildman–Crippen MR) is 201 cm³/mol. The Morgan fingerprint density at radius 3 is 2.21 bits per heavy atom. The molecule has 0 aliphatic carbocycles. The quantitative estimate of drug-likeness (QED) is 0.282. The van der Waals surface area contributed by atoms with Gasteiger partial charge in [0.05, 0.1) is 32.7 Å². The molecule has 0 radical (unpaired) electrons. The molecule has 5 rings (SSSR count). The molecule has 56 heavy (non-hydrogen) atoms. The zero-order valence-corrected chi connectivity index (χ0v) is 34.1. The van der Waals surface area contributed by atoms with Crippen molar-refractivity contribution in [3.8, 4) is 5.75 Å². The Kier molecular flexibility index (Phi) is 14.6. The number of rotatable bonds is 11. The van der Waals surface area contributed by atoms with E-state index in [9.17, 15) is 31.2 Å². The summed E-state index contributed by atoms with van der Waals surface area (Å²) in [7, 11) is 1.96. The van der Waals surface area contributed by atoms with E-state index in [0.29, 0.717) is 49.4 Å². The number of halogens is 5. The maximum absolute atomic E-state index is 14.1. The molecule has 2 aromatic carbocycles. The zero-order valence-electron chi connectivity index (χ0n) is 31.8. The number of benzene rings is 2. The van der Waals surface area contributed by atoms with Crippen LogP contribution in [0, 0.1) is 13.8 Å². The Labute approximate surface area is 334 Å². The Bertz CT molecular complexity index is 2030. The van der Waals surface area contributed by atoms with Gasteiger partial charge < -0.3 is 33.7 Å². The van der Waals surface area contributed by atoms with Gasteiger partial charge in [-0.25, -0.2) is 13.4 Å². The number of nitrogens with zero attached hydrogens (tertiary/aromatic N) is 4. The number of ether oxygens (including phenoxy) is 2. The molecule has 0 bridgehead atoms. The summed E-state index contributed by atoms with van der Waals surface area (Å²) in [5.74, 6) is -2.76. The van der Waals surface area contributed by atoms with Crippen molar-refractivity contribution in [3.63, 3.8) is 0 Å². The van der Waals surface area contributed by atoms with Crippen LogP contribution in [0.4, 0.5) is 13.2 Å². The molecule has 13 nitrogen and oxygen atoms in total. The molecular formula is C37H46Cl2F3N5O8S. The van der Waals surface area contributed by atoms with Gasteiger partial charge in [-0.15, -0.1) is 0 Å². The number of hydrogen-bond donors (Lipinski definition) is 1. The van der Waals surface area contributed by atoms with Gasteiger partial charge in [-0.05, 0) is 56.5 Å². The highest BCUT2D eigenvalue weighted by atomic mass is 35.5. The van der Waals surface area contributed by atoms with Crippen LogP contribution in [-0.2, 0) is 35.8 Å². The van der Waals surface area contributed by atoms with Crippen molar-refractivity contribution in [3.05, 3.63) is 63.3 Å². The molecule has 0 atom stereocenters. The van der Waals surface area contributed by atoms with Gasteiger partial charge in [-0.3, -0.25) is 9.59 Å². The van der Waals surface area contributed by atoms with Gasteiger partial charge in [0.25, 0.3) is 0 Å². The van der Waals surface area contributed by atoms with Crippen LogP contribution in [0.5, 0.6) is 5.75 Å². The van der Waals surface area contributed by atoms with E-state index in [-0.39, 0.29) is 59.4 Å². The number of quaternary nitrogens is 1. The number of aliphatic carboxylic acids is 1. The number of pyridine rings is 1. The van der Waals surface area contributed by atoms with E-state index in [1.165, 1.54) is 12.1 Å². The maximum atomic E-state index is 14.1. The first kappa shape index (κ1) is 45.0. The SMILES string of the molecule is Cc1cc(C)c2cccc(OCc3c(Cl)ccc(S(=O)(=O)NC4(C(=O)N5CCN(C(=O)CCC[N+](C)(C)C)CC5)CCOCC4)c3Cl)c2n1.O=C([O-])C(F)(F)F. The average Bonchev–Trinajstić information content (AvgIpc) is 3.10. The fourth-order valence-electron chi connectivity index (χ4n) is 6.45. The van der Waals surface area contributed by atoms with Crippen molar-refractivity contribution in [1.82, 2.24) is 19.5 Å². The summed E-state index contributed by atoms with van der Waals surface area (Å²) in [5, 5.41) is 9.88. The summed E-state index contributed by atoms with van der Waals surface area (Å²) in [6.45, 7) is 6.54. The molecule has 3 heterocycles. The first-order valence-electron chi connectivity index (χ1n) is 17.8. The van der Waals surface area contributed by atoms with Crippen LogP contribution in [0.25, 0.3) is 10.9 Å². The van der Waals surface area contributed by atoms with E-state index in [0.717, 1.165) is 34.1 Å². The number of nitrogens with one attached hydrogen (secondary N) is 1. The summed E-state index contributed by atoms with van der Waals surface area (Å²) in [6.07, 6.45) is -3.64. The number of fused-ring (bicyclic) bond motifs is 1. The molecule has 3 aromatic rings. The number of sulfonamides is 1. The summed E-state index contributed by atoms with van der Waals surface area (Å²) in [5.41, 5.74) is 1.44. The number of carboxylic acid groups (broad SMARTS) is 1. The van der Waals surface area contributed by atoms with Gasteiger partial charge in [0.1, 0.15) is 34.3 Å². The fraction of sp³-hybridized carbons (Fsp3) is 0.514. The molecule has 1 N–H and O–H groups in total. The Morgan fingerprint density at radius 2 is 1.62 bits per heavy atom. The third-order valence-corrected chi connectivity index (χ3v) is 11.9. The second-order valence-electron chi connectivity index (χ2n) is 14.7. The molecular weight excluding hydrogens is 802 g/mol. The monoisotopic (exact) mass is 847 g/mol.